The van der Waals surface area contributed by atoms with Gasteiger partial charge in [0.2, 0.25) is 5.91 Å². The Bertz CT molecular complexity index is 617. The summed E-state index contributed by atoms with van der Waals surface area (Å²) in [6, 6.07) is 13.3. The Hall–Kier alpha value is -2.24. The van der Waals surface area contributed by atoms with Crippen LogP contribution in [0.2, 0.25) is 0 Å². The van der Waals surface area contributed by atoms with Crippen molar-refractivity contribution in [3.05, 3.63) is 71.0 Å². The zero-order valence-electron chi connectivity index (χ0n) is 11.4. The summed E-state index contributed by atoms with van der Waals surface area (Å²) in [6.07, 6.45) is 0. The second-order valence-electron chi connectivity index (χ2n) is 4.70. The molecule has 2 aromatic carbocycles. The SMILES string of the molecule is NC(=O)c1ccc(CNC(CO)c2ccccc2)c(F)c1. The molecule has 0 fully saturated rings. The smallest absolute Gasteiger partial charge is 0.248 e. The molecular weight excluding hydrogens is 271 g/mol. The van der Waals surface area contributed by atoms with Gasteiger partial charge in [0.15, 0.2) is 0 Å². The maximum atomic E-state index is 13.9. The highest BCUT2D eigenvalue weighted by molar-refractivity contribution is 5.92. The van der Waals surface area contributed by atoms with Crippen LogP contribution < -0.4 is 11.1 Å². The number of hydrogen-bond acceptors (Lipinski definition) is 3. The molecule has 0 heterocycles. The van der Waals surface area contributed by atoms with Gasteiger partial charge in [-0.1, -0.05) is 36.4 Å². The molecule has 4 nitrogen and oxygen atoms in total. The van der Waals surface area contributed by atoms with E-state index < -0.39 is 11.7 Å². The van der Waals surface area contributed by atoms with Crippen LogP contribution in [0.4, 0.5) is 4.39 Å². The Balaban J connectivity index is 2.07. The maximum absolute atomic E-state index is 13.9. The number of halogens is 1. The van der Waals surface area contributed by atoms with Crippen LogP contribution in [-0.4, -0.2) is 17.6 Å². The Morgan fingerprint density at radius 3 is 2.52 bits per heavy atom. The van der Waals surface area contributed by atoms with Crippen molar-refractivity contribution >= 4 is 5.91 Å². The average molecular weight is 288 g/mol. The third kappa shape index (κ3) is 3.87. The van der Waals surface area contributed by atoms with Crippen LogP contribution in [0.15, 0.2) is 48.5 Å². The molecule has 0 aliphatic carbocycles. The normalized spacial score (nSPS) is 12.1. The first-order valence-electron chi connectivity index (χ1n) is 6.59. The highest BCUT2D eigenvalue weighted by atomic mass is 19.1. The lowest BCUT2D eigenvalue weighted by molar-refractivity contribution is 0.1000. The van der Waals surface area contributed by atoms with Crippen molar-refractivity contribution < 1.29 is 14.3 Å². The summed E-state index contributed by atoms with van der Waals surface area (Å²) in [4.78, 5) is 11.0. The van der Waals surface area contributed by atoms with Crippen LogP contribution in [0.25, 0.3) is 0 Å². The van der Waals surface area contributed by atoms with Gasteiger partial charge in [-0.2, -0.15) is 0 Å². The number of carbonyl (C=O) groups is 1. The van der Waals surface area contributed by atoms with E-state index in [1.165, 1.54) is 12.1 Å². The summed E-state index contributed by atoms with van der Waals surface area (Å²) < 4.78 is 13.9. The summed E-state index contributed by atoms with van der Waals surface area (Å²) in [5.74, 6) is -1.16. The minimum absolute atomic E-state index is 0.0923. The van der Waals surface area contributed by atoms with Gasteiger partial charge in [-0.05, 0) is 17.7 Å². The number of benzene rings is 2. The van der Waals surface area contributed by atoms with Gasteiger partial charge in [0.05, 0.1) is 12.6 Å². The molecule has 110 valence electrons. The first-order valence-corrected chi connectivity index (χ1v) is 6.59. The van der Waals surface area contributed by atoms with Crippen LogP contribution in [0, 0.1) is 5.82 Å². The lowest BCUT2D eigenvalue weighted by atomic mass is 10.1. The molecule has 2 rings (SSSR count). The fourth-order valence-electron chi connectivity index (χ4n) is 2.05. The van der Waals surface area contributed by atoms with E-state index >= 15 is 0 Å². The molecule has 0 radical (unpaired) electrons. The van der Waals surface area contributed by atoms with Gasteiger partial charge in [0.1, 0.15) is 5.82 Å². The molecule has 21 heavy (non-hydrogen) atoms. The quantitative estimate of drug-likeness (QED) is 0.758. The number of aliphatic hydroxyl groups excluding tert-OH is 1. The molecule has 0 bridgehead atoms. The zero-order chi connectivity index (χ0) is 15.2. The van der Waals surface area contributed by atoms with Gasteiger partial charge in [-0.25, -0.2) is 4.39 Å². The molecule has 2 aromatic rings. The van der Waals surface area contributed by atoms with E-state index in [1.807, 2.05) is 30.3 Å². The van der Waals surface area contributed by atoms with Crippen molar-refractivity contribution in [2.24, 2.45) is 5.73 Å². The Kier molecular flexibility index (Phi) is 5.03. The summed E-state index contributed by atoms with van der Waals surface area (Å²) in [7, 11) is 0. The van der Waals surface area contributed by atoms with E-state index in [-0.39, 0.29) is 24.8 Å². The van der Waals surface area contributed by atoms with Crippen LogP contribution in [0.1, 0.15) is 27.5 Å². The predicted molar refractivity (Wildman–Crippen MR) is 78.0 cm³/mol. The van der Waals surface area contributed by atoms with E-state index in [9.17, 15) is 14.3 Å². The Morgan fingerprint density at radius 1 is 1.24 bits per heavy atom. The first kappa shape index (κ1) is 15.2. The number of nitrogens with one attached hydrogen (secondary N) is 1. The molecule has 0 aromatic heterocycles. The van der Waals surface area contributed by atoms with Crippen molar-refractivity contribution in [1.29, 1.82) is 0 Å². The van der Waals surface area contributed by atoms with E-state index in [0.29, 0.717) is 5.56 Å². The summed E-state index contributed by atoms with van der Waals surface area (Å²) in [6.45, 7) is 0.149. The second kappa shape index (κ2) is 6.97. The minimum Gasteiger partial charge on any atom is -0.394 e. The summed E-state index contributed by atoms with van der Waals surface area (Å²) >= 11 is 0. The lowest BCUT2D eigenvalue weighted by Gasteiger charge is -2.17. The third-order valence-corrected chi connectivity index (χ3v) is 3.26. The van der Waals surface area contributed by atoms with Gasteiger partial charge < -0.3 is 16.2 Å². The largest absolute Gasteiger partial charge is 0.394 e. The van der Waals surface area contributed by atoms with Crippen molar-refractivity contribution in [3.63, 3.8) is 0 Å². The first-order chi connectivity index (χ1) is 10.1. The number of hydrogen-bond donors (Lipinski definition) is 3. The number of rotatable bonds is 6. The van der Waals surface area contributed by atoms with Crippen LogP contribution >= 0.6 is 0 Å². The van der Waals surface area contributed by atoms with Crippen LogP contribution in [0.3, 0.4) is 0 Å². The molecule has 1 atom stereocenters. The number of primary amides is 1. The highest BCUT2D eigenvalue weighted by Crippen LogP contribution is 2.15. The Labute approximate surface area is 122 Å². The number of carbonyl (C=O) groups excluding carboxylic acids is 1. The van der Waals surface area contributed by atoms with E-state index in [4.69, 9.17) is 5.73 Å². The van der Waals surface area contributed by atoms with Crippen molar-refractivity contribution in [2.75, 3.05) is 6.61 Å². The highest BCUT2D eigenvalue weighted by Gasteiger charge is 2.11. The topological polar surface area (TPSA) is 75.4 Å². The molecule has 0 saturated carbocycles. The molecule has 4 N–H and O–H groups in total. The number of aliphatic hydroxyl groups is 1. The molecule has 0 aliphatic rings. The van der Waals surface area contributed by atoms with E-state index in [1.54, 1.807) is 0 Å². The third-order valence-electron chi connectivity index (χ3n) is 3.26. The summed E-state index contributed by atoms with van der Waals surface area (Å²) in [5, 5.41) is 12.5. The van der Waals surface area contributed by atoms with Crippen molar-refractivity contribution in [1.82, 2.24) is 5.32 Å². The average Bonchev–Trinajstić information content (AvgIpc) is 2.50. The van der Waals surface area contributed by atoms with Crippen molar-refractivity contribution in [2.45, 2.75) is 12.6 Å². The van der Waals surface area contributed by atoms with Gasteiger partial charge in [0, 0.05) is 17.7 Å². The Morgan fingerprint density at radius 2 is 1.95 bits per heavy atom. The molecule has 1 unspecified atom stereocenters. The standard InChI is InChI=1S/C16H17FN2O2/c17-14-8-12(16(18)21)6-7-13(14)9-19-15(10-20)11-4-2-1-3-5-11/h1-8,15,19-20H,9-10H2,(H2,18,21). The van der Waals surface area contributed by atoms with E-state index in [0.717, 1.165) is 11.6 Å². The van der Waals surface area contributed by atoms with Gasteiger partial charge in [-0.15, -0.1) is 0 Å². The minimum atomic E-state index is -0.661. The monoisotopic (exact) mass is 288 g/mol. The maximum Gasteiger partial charge on any atom is 0.248 e. The van der Waals surface area contributed by atoms with Gasteiger partial charge in [-0.3, -0.25) is 4.79 Å². The molecule has 0 saturated heterocycles. The van der Waals surface area contributed by atoms with Gasteiger partial charge in [0.25, 0.3) is 0 Å². The fourth-order valence-corrected chi connectivity index (χ4v) is 2.05. The molecule has 1 amide bonds. The summed E-state index contributed by atoms with van der Waals surface area (Å²) in [5.41, 5.74) is 6.57. The van der Waals surface area contributed by atoms with Crippen molar-refractivity contribution in [3.8, 4) is 0 Å². The second-order valence-corrected chi connectivity index (χ2v) is 4.70. The molecule has 5 heteroatoms. The van der Waals surface area contributed by atoms with Crippen LogP contribution in [-0.2, 0) is 6.54 Å². The lowest BCUT2D eigenvalue weighted by Crippen LogP contribution is -2.24. The van der Waals surface area contributed by atoms with E-state index in [2.05, 4.69) is 5.32 Å². The van der Waals surface area contributed by atoms with Gasteiger partial charge >= 0.3 is 0 Å². The fraction of sp³-hybridized carbons (Fsp3) is 0.188. The molecule has 0 spiro atoms. The zero-order valence-corrected chi connectivity index (χ0v) is 11.4. The molecular formula is C16H17FN2O2. The predicted octanol–water partition coefficient (Wildman–Crippen LogP) is 1.75. The molecule has 0 aliphatic heterocycles. The van der Waals surface area contributed by atoms with Crippen LogP contribution in [0.5, 0.6) is 0 Å². The number of nitrogens with two attached hydrogens (primary N) is 1. The number of amides is 1.